The molecule has 0 aliphatic rings. The van der Waals surface area contributed by atoms with E-state index in [9.17, 15) is 14.4 Å². The van der Waals surface area contributed by atoms with Crippen molar-refractivity contribution in [3.05, 3.63) is 56.3 Å². The minimum Gasteiger partial charge on any atom is -0.455 e. The van der Waals surface area contributed by atoms with E-state index in [2.05, 4.69) is 16.9 Å². The van der Waals surface area contributed by atoms with Crippen molar-refractivity contribution in [1.82, 2.24) is 14.1 Å². The van der Waals surface area contributed by atoms with E-state index in [0.29, 0.717) is 17.4 Å². The lowest BCUT2D eigenvalue weighted by atomic mass is 10.4. The number of nitrogens with zero attached hydrogens (tertiary/aromatic N) is 3. The largest absolute Gasteiger partial charge is 0.455 e. The summed E-state index contributed by atoms with van der Waals surface area (Å²) in [6.45, 7) is 3.93. The van der Waals surface area contributed by atoms with Crippen molar-refractivity contribution in [1.29, 1.82) is 0 Å². The molecular weight excluding hydrogens is 320 g/mol. The zero-order chi connectivity index (χ0) is 17.0. The summed E-state index contributed by atoms with van der Waals surface area (Å²) in [6.07, 6.45) is 1.68. The van der Waals surface area contributed by atoms with E-state index in [1.165, 1.54) is 36.1 Å². The van der Waals surface area contributed by atoms with Crippen LogP contribution in [-0.4, -0.2) is 26.6 Å². The first-order valence-electron chi connectivity index (χ1n) is 6.67. The fourth-order valence-electron chi connectivity index (χ4n) is 1.74. The normalized spacial score (nSPS) is 10.3. The lowest BCUT2D eigenvalue weighted by molar-refractivity contribution is 0.0457. The van der Waals surface area contributed by atoms with Crippen LogP contribution in [-0.2, 0) is 25.4 Å². The molecule has 0 bridgehead atoms. The zero-order valence-electron chi connectivity index (χ0n) is 12.7. The number of hydrogen-bond donors (Lipinski definition) is 1. The predicted molar refractivity (Wildman–Crippen MR) is 86.8 cm³/mol. The summed E-state index contributed by atoms with van der Waals surface area (Å²) in [4.78, 5) is 39.4. The molecule has 8 nitrogen and oxygen atoms in total. The van der Waals surface area contributed by atoms with Gasteiger partial charge in [0, 0.05) is 32.1 Å². The maximum absolute atomic E-state index is 12.0. The molecule has 0 radical (unpaired) electrons. The summed E-state index contributed by atoms with van der Waals surface area (Å²) in [7, 11) is 2.89. The summed E-state index contributed by atoms with van der Waals surface area (Å²) in [6, 6.07) is 1.26. The van der Waals surface area contributed by atoms with Crippen LogP contribution in [0.4, 0.5) is 5.13 Å². The highest BCUT2D eigenvalue weighted by Crippen LogP contribution is 2.16. The van der Waals surface area contributed by atoms with Crippen molar-refractivity contribution in [3.8, 4) is 0 Å². The van der Waals surface area contributed by atoms with E-state index < -0.39 is 17.2 Å². The first-order chi connectivity index (χ1) is 10.9. The number of anilines is 1. The molecule has 0 aliphatic heterocycles. The molecule has 0 aliphatic carbocycles. The molecule has 1 N–H and O–H groups in total. The highest BCUT2D eigenvalue weighted by Gasteiger charge is 2.14. The lowest BCUT2D eigenvalue weighted by Gasteiger charge is -2.09. The van der Waals surface area contributed by atoms with Crippen LogP contribution in [0.15, 0.2) is 33.7 Å². The van der Waals surface area contributed by atoms with Gasteiger partial charge in [0.25, 0.3) is 5.56 Å². The summed E-state index contributed by atoms with van der Waals surface area (Å²) >= 11 is 1.27. The van der Waals surface area contributed by atoms with Gasteiger partial charge in [-0.1, -0.05) is 6.08 Å². The molecule has 0 unspecified atom stereocenters. The second-order valence-electron chi connectivity index (χ2n) is 4.66. The van der Waals surface area contributed by atoms with Gasteiger partial charge >= 0.3 is 11.7 Å². The van der Waals surface area contributed by atoms with Gasteiger partial charge in [-0.25, -0.2) is 14.6 Å². The molecule has 2 heterocycles. The molecule has 0 spiro atoms. The van der Waals surface area contributed by atoms with Crippen LogP contribution in [0.25, 0.3) is 0 Å². The van der Waals surface area contributed by atoms with E-state index in [-0.39, 0.29) is 12.3 Å². The first kappa shape index (κ1) is 16.7. The molecule has 0 fully saturated rings. The van der Waals surface area contributed by atoms with E-state index in [0.717, 1.165) is 4.57 Å². The molecule has 23 heavy (non-hydrogen) atoms. The maximum atomic E-state index is 12.0. The van der Waals surface area contributed by atoms with Gasteiger partial charge in [-0.3, -0.25) is 13.9 Å². The van der Waals surface area contributed by atoms with Crippen LogP contribution < -0.4 is 16.6 Å². The molecule has 2 rings (SSSR count). The van der Waals surface area contributed by atoms with Gasteiger partial charge in [0.15, 0.2) is 10.8 Å². The fourth-order valence-corrected chi connectivity index (χ4v) is 2.43. The molecule has 122 valence electrons. The number of hydrogen-bond acceptors (Lipinski definition) is 7. The second kappa shape index (κ2) is 7.05. The van der Waals surface area contributed by atoms with Gasteiger partial charge in [-0.15, -0.1) is 17.9 Å². The first-order valence-corrected chi connectivity index (χ1v) is 7.55. The minimum absolute atomic E-state index is 0.162. The van der Waals surface area contributed by atoms with Gasteiger partial charge in [0.2, 0.25) is 0 Å². The Kier molecular flexibility index (Phi) is 5.12. The highest BCUT2D eigenvalue weighted by molar-refractivity contribution is 7.13. The SMILES string of the molecule is C=CCNc1nc(C(=O)OCc2cc(=O)n(C)c(=O)n2C)cs1. The number of nitrogens with one attached hydrogen (secondary N) is 1. The summed E-state index contributed by atoms with van der Waals surface area (Å²) in [5.74, 6) is -0.624. The van der Waals surface area contributed by atoms with Crippen molar-refractivity contribution in [2.75, 3.05) is 11.9 Å². The smallest absolute Gasteiger partial charge is 0.358 e. The zero-order valence-corrected chi connectivity index (χ0v) is 13.6. The minimum atomic E-state index is -0.624. The standard InChI is InChI=1S/C14H16N4O4S/c1-4-5-15-13-16-10(8-23-13)12(20)22-7-9-6-11(19)18(3)14(21)17(9)2/h4,6,8H,1,5,7H2,2-3H3,(H,15,16). The molecule has 0 aromatic carbocycles. The van der Waals surface area contributed by atoms with Crippen LogP contribution >= 0.6 is 11.3 Å². The molecule has 0 amide bonds. The number of carbonyl (C=O) groups is 1. The molecular formula is C14H16N4O4S. The Hall–Kier alpha value is -2.68. The lowest BCUT2D eigenvalue weighted by Crippen LogP contribution is -2.38. The van der Waals surface area contributed by atoms with Crippen LogP contribution in [0, 0.1) is 0 Å². The van der Waals surface area contributed by atoms with Crippen LogP contribution in [0.5, 0.6) is 0 Å². The van der Waals surface area contributed by atoms with Crippen molar-refractivity contribution >= 4 is 22.4 Å². The van der Waals surface area contributed by atoms with Gasteiger partial charge < -0.3 is 10.1 Å². The van der Waals surface area contributed by atoms with Crippen LogP contribution in [0.3, 0.4) is 0 Å². The van der Waals surface area contributed by atoms with E-state index in [4.69, 9.17) is 4.74 Å². The predicted octanol–water partition coefficient (Wildman–Crippen LogP) is 0.495. The fraction of sp³-hybridized carbons (Fsp3) is 0.286. The number of aromatic nitrogens is 3. The van der Waals surface area contributed by atoms with Crippen LogP contribution in [0.2, 0.25) is 0 Å². The third kappa shape index (κ3) is 3.75. The van der Waals surface area contributed by atoms with Crippen molar-refractivity contribution < 1.29 is 9.53 Å². The number of thiazole rings is 1. The maximum Gasteiger partial charge on any atom is 0.358 e. The molecule has 0 atom stereocenters. The van der Waals surface area contributed by atoms with Gasteiger partial charge in [-0.2, -0.15) is 0 Å². The topological polar surface area (TPSA) is 95.2 Å². The molecule has 0 saturated carbocycles. The van der Waals surface area contributed by atoms with Crippen LogP contribution in [0.1, 0.15) is 16.2 Å². The molecule has 2 aromatic heterocycles. The number of esters is 1. The van der Waals surface area contributed by atoms with Crippen molar-refractivity contribution in [2.45, 2.75) is 6.61 Å². The molecule has 9 heteroatoms. The number of ether oxygens (including phenoxy) is 1. The average Bonchev–Trinajstić information content (AvgIpc) is 3.01. The van der Waals surface area contributed by atoms with Gasteiger partial charge in [0.1, 0.15) is 6.61 Å². The Labute approximate surface area is 135 Å². The molecule has 2 aromatic rings. The third-order valence-electron chi connectivity index (χ3n) is 3.09. The Morgan fingerprint density at radius 3 is 2.87 bits per heavy atom. The monoisotopic (exact) mass is 336 g/mol. The van der Waals surface area contributed by atoms with Gasteiger partial charge in [0.05, 0.1) is 5.69 Å². The van der Waals surface area contributed by atoms with Crippen molar-refractivity contribution in [3.63, 3.8) is 0 Å². The van der Waals surface area contributed by atoms with Gasteiger partial charge in [-0.05, 0) is 0 Å². The summed E-state index contributed by atoms with van der Waals surface area (Å²) < 4.78 is 7.34. The Balaban J connectivity index is 2.08. The van der Waals surface area contributed by atoms with Crippen molar-refractivity contribution in [2.24, 2.45) is 14.1 Å². The quantitative estimate of drug-likeness (QED) is 0.609. The van der Waals surface area contributed by atoms with E-state index >= 15 is 0 Å². The molecule has 0 saturated heterocycles. The average molecular weight is 336 g/mol. The second-order valence-corrected chi connectivity index (χ2v) is 5.52. The Morgan fingerprint density at radius 2 is 2.17 bits per heavy atom. The summed E-state index contributed by atoms with van der Waals surface area (Å²) in [5.41, 5.74) is -0.459. The summed E-state index contributed by atoms with van der Waals surface area (Å²) in [5, 5.41) is 5.11. The third-order valence-corrected chi connectivity index (χ3v) is 3.89. The number of rotatable bonds is 6. The van der Waals surface area contributed by atoms with E-state index in [1.54, 1.807) is 11.5 Å². The Bertz CT molecular complexity index is 849. The Morgan fingerprint density at radius 1 is 1.43 bits per heavy atom. The van der Waals surface area contributed by atoms with E-state index in [1.807, 2.05) is 0 Å². The highest BCUT2D eigenvalue weighted by atomic mass is 32.1. The number of carbonyl (C=O) groups excluding carboxylic acids is 1.